The topological polar surface area (TPSA) is 17.1 Å². The molecule has 0 rings (SSSR count). The monoisotopic (exact) mass is 167 g/mol. The third-order valence-electron chi connectivity index (χ3n) is 1.13. The minimum absolute atomic E-state index is 0.375. The molecule has 1 radical (unpaired) electrons. The van der Waals surface area contributed by atoms with E-state index < -0.39 is 8.07 Å². The van der Waals surface area contributed by atoms with E-state index in [0.29, 0.717) is 6.42 Å². The van der Waals surface area contributed by atoms with Gasteiger partial charge in [-0.1, -0.05) is 25.6 Å². The molecule has 0 saturated carbocycles. The molecule has 0 aromatic carbocycles. The number of carbonyl (C=O) groups is 1. The Balaban J connectivity index is 3.43. The minimum atomic E-state index is -1.03. The van der Waals surface area contributed by atoms with Crippen LogP contribution in [-0.2, 0) is 4.79 Å². The smallest absolute Gasteiger partial charge is 0.131 e. The quantitative estimate of drug-likeness (QED) is 0.357. The largest absolute Gasteiger partial charge is 0.302 e. The van der Waals surface area contributed by atoms with Crippen LogP contribution in [0.3, 0.4) is 0 Å². The van der Waals surface area contributed by atoms with Crippen molar-refractivity contribution >= 4 is 14.4 Å². The molecule has 0 spiro atoms. The van der Waals surface area contributed by atoms with Gasteiger partial charge in [-0.05, 0) is 6.04 Å². The lowest BCUT2D eigenvalue weighted by Crippen LogP contribution is -2.20. The van der Waals surface area contributed by atoms with Crippen molar-refractivity contribution in [2.45, 2.75) is 32.5 Å². The molecule has 1 nitrogen and oxygen atoms in total. The van der Waals surface area contributed by atoms with Gasteiger partial charge < -0.3 is 4.79 Å². The van der Waals surface area contributed by atoms with E-state index in [0.717, 1.165) is 12.7 Å². The molecule has 0 aliphatic rings. The highest BCUT2D eigenvalue weighted by Gasteiger charge is 2.10. The van der Waals surface area contributed by atoms with Crippen LogP contribution in [0.1, 0.15) is 12.8 Å². The Labute approximate surface area is 70.2 Å². The van der Waals surface area contributed by atoms with Gasteiger partial charge in [0.25, 0.3) is 0 Å². The summed E-state index contributed by atoms with van der Waals surface area (Å²) >= 11 is 0. The van der Waals surface area contributed by atoms with Gasteiger partial charge in [0.2, 0.25) is 0 Å². The fraction of sp³-hybridized carbons (Fsp3) is 0.556. The molecular weight excluding hydrogens is 152 g/mol. The molecule has 11 heavy (non-hydrogen) atoms. The standard InChI is InChI=1S/C9H15OSi/c1-11(2,3)9-7-5-4-6-8-10/h8-9H,6-7H2,1-3H3. The van der Waals surface area contributed by atoms with Crippen LogP contribution in [0.4, 0.5) is 0 Å². The first-order chi connectivity index (χ1) is 5.06. The van der Waals surface area contributed by atoms with Gasteiger partial charge in [0.05, 0.1) is 6.42 Å². The fourth-order valence-corrected chi connectivity index (χ4v) is 1.26. The summed E-state index contributed by atoms with van der Waals surface area (Å²) in [5, 5.41) is 0. The molecule has 0 aromatic rings. The highest BCUT2D eigenvalue weighted by Crippen LogP contribution is 2.06. The molecule has 0 saturated heterocycles. The number of carbonyl (C=O) groups excluding carboxylic acids is 1. The third-order valence-corrected chi connectivity index (χ3v) is 2.56. The zero-order valence-electron chi connectivity index (χ0n) is 7.48. The third kappa shape index (κ3) is 9.45. The Bertz CT molecular complexity index is 168. The average Bonchev–Trinajstić information content (AvgIpc) is 1.85. The van der Waals surface area contributed by atoms with Crippen LogP contribution < -0.4 is 0 Å². The SMILES string of the molecule is C[Si](C)(C)[CH]CC#CCC=O. The zero-order chi connectivity index (χ0) is 8.74. The maximum absolute atomic E-state index is 9.86. The molecule has 0 N–H and O–H groups in total. The molecule has 0 aromatic heterocycles. The summed E-state index contributed by atoms with van der Waals surface area (Å²) in [5.74, 6) is 5.72. The molecule has 0 amide bonds. The summed E-state index contributed by atoms with van der Waals surface area (Å²) in [4.78, 5) is 9.86. The van der Waals surface area contributed by atoms with E-state index in [1.807, 2.05) is 0 Å². The van der Waals surface area contributed by atoms with E-state index in [1.54, 1.807) is 0 Å². The first kappa shape index (κ1) is 10.4. The highest BCUT2D eigenvalue weighted by atomic mass is 28.3. The van der Waals surface area contributed by atoms with E-state index in [1.165, 1.54) is 0 Å². The molecular formula is C9H15OSi. The predicted octanol–water partition coefficient (Wildman–Crippen LogP) is 2.05. The van der Waals surface area contributed by atoms with Crippen LogP contribution in [0.25, 0.3) is 0 Å². The summed E-state index contributed by atoms with van der Waals surface area (Å²) in [7, 11) is -1.03. The van der Waals surface area contributed by atoms with Crippen LogP contribution in [0, 0.1) is 17.9 Å². The molecule has 0 atom stereocenters. The molecule has 61 valence electrons. The van der Waals surface area contributed by atoms with Crippen molar-refractivity contribution in [2.24, 2.45) is 0 Å². The summed E-state index contributed by atoms with van der Waals surface area (Å²) in [6.07, 6.45) is 2.05. The first-order valence-electron chi connectivity index (χ1n) is 3.80. The Kier molecular flexibility index (Phi) is 4.89. The van der Waals surface area contributed by atoms with Gasteiger partial charge in [-0.2, -0.15) is 0 Å². The second kappa shape index (κ2) is 5.14. The van der Waals surface area contributed by atoms with Gasteiger partial charge in [-0.15, -0.1) is 5.92 Å². The van der Waals surface area contributed by atoms with Crippen molar-refractivity contribution in [2.75, 3.05) is 0 Å². The lowest BCUT2D eigenvalue weighted by Gasteiger charge is -2.11. The van der Waals surface area contributed by atoms with E-state index >= 15 is 0 Å². The number of aldehydes is 1. The lowest BCUT2D eigenvalue weighted by molar-refractivity contribution is -0.107. The molecule has 0 heterocycles. The van der Waals surface area contributed by atoms with Gasteiger partial charge >= 0.3 is 0 Å². The summed E-state index contributed by atoms with van der Waals surface area (Å²) in [6.45, 7) is 6.82. The van der Waals surface area contributed by atoms with E-state index in [4.69, 9.17) is 0 Å². The molecule has 0 aliphatic carbocycles. The second-order valence-corrected chi connectivity index (χ2v) is 8.64. The molecule has 0 aliphatic heterocycles. The molecule has 0 bridgehead atoms. The van der Waals surface area contributed by atoms with Crippen molar-refractivity contribution < 1.29 is 4.79 Å². The molecule has 2 heteroatoms. The van der Waals surface area contributed by atoms with Crippen LogP contribution in [-0.4, -0.2) is 14.4 Å². The molecule has 0 fully saturated rings. The Hall–Kier alpha value is -0.553. The van der Waals surface area contributed by atoms with Gasteiger partial charge in [0.15, 0.2) is 0 Å². The van der Waals surface area contributed by atoms with Gasteiger partial charge in [-0.25, -0.2) is 0 Å². The van der Waals surface area contributed by atoms with Crippen LogP contribution in [0.2, 0.25) is 19.6 Å². The summed E-state index contributed by atoms with van der Waals surface area (Å²) < 4.78 is 0. The van der Waals surface area contributed by atoms with Crippen molar-refractivity contribution in [1.82, 2.24) is 0 Å². The highest BCUT2D eigenvalue weighted by molar-refractivity contribution is 6.79. The fourth-order valence-electron chi connectivity index (χ4n) is 0.543. The Morgan fingerprint density at radius 1 is 1.18 bits per heavy atom. The zero-order valence-corrected chi connectivity index (χ0v) is 8.48. The maximum atomic E-state index is 9.86. The first-order valence-corrected chi connectivity index (χ1v) is 7.38. The number of hydrogen-bond acceptors (Lipinski definition) is 1. The van der Waals surface area contributed by atoms with Crippen LogP contribution in [0.5, 0.6) is 0 Å². The van der Waals surface area contributed by atoms with Gasteiger partial charge in [-0.3, -0.25) is 0 Å². The van der Waals surface area contributed by atoms with E-state index in [9.17, 15) is 4.79 Å². The number of rotatable bonds is 3. The normalized spacial score (nSPS) is 10.1. The van der Waals surface area contributed by atoms with E-state index in [-0.39, 0.29) is 0 Å². The number of hydrogen-bond donors (Lipinski definition) is 0. The van der Waals surface area contributed by atoms with Crippen molar-refractivity contribution in [3.63, 3.8) is 0 Å². The average molecular weight is 167 g/mol. The summed E-state index contributed by atoms with van der Waals surface area (Å²) in [6, 6.07) is 2.28. The summed E-state index contributed by atoms with van der Waals surface area (Å²) in [5.41, 5.74) is 0. The predicted molar refractivity (Wildman–Crippen MR) is 50.7 cm³/mol. The minimum Gasteiger partial charge on any atom is -0.302 e. The Morgan fingerprint density at radius 3 is 2.18 bits per heavy atom. The van der Waals surface area contributed by atoms with Gasteiger partial charge in [0, 0.05) is 14.5 Å². The van der Waals surface area contributed by atoms with E-state index in [2.05, 4.69) is 37.5 Å². The van der Waals surface area contributed by atoms with Crippen molar-refractivity contribution in [1.29, 1.82) is 0 Å². The van der Waals surface area contributed by atoms with Crippen LogP contribution in [0.15, 0.2) is 0 Å². The van der Waals surface area contributed by atoms with Crippen LogP contribution >= 0.6 is 0 Å². The van der Waals surface area contributed by atoms with Crippen molar-refractivity contribution in [3.8, 4) is 11.8 Å². The second-order valence-electron chi connectivity index (χ2n) is 3.50. The Morgan fingerprint density at radius 2 is 1.73 bits per heavy atom. The maximum Gasteiger partial charge on any atom is 0.131 e. The van der Waals surface area contributed by atoms with Gasteiger partial charge in [0.1, 0.15) is 6.29 Å². The lowest BCUT2D eigenvalue weighted by atomic mass is 10.4. The van der Waals surface area contributed by atoms with Crippen molar-refractivity contribution in [3.05, 3.63) is 6.04 Å². The molecule has 0 unspecified atom stereocenters.